The first-order valence-corrected chi connectivity index (χ1v) is 10.7. The summed E-state index contributed by atoms with van der Waals surface area (Å²) in [6.07, 6.45) is 1.60. The van der Waals surface area contributed by atoms with E-state index >= 15 is 0 Å². The van der Waals surface area contributed by atoms with Crippen molar-refractivity contribution in [3.05, 3.63) is 47.5 Å². The lowest BCUT2D eigenvalue weighted by molar-refractivity contribution is 0.0181. The number of pyridine rings is 1. The number of hydrazine groups is 1. The van der Waals surface area contributed by atoms with E-state index in [0.717, 1.165) is 6.26 Å². The number of benzene rings is 1. The molecular weight excluding hydrogens is 398 g/mol. The Morgan fingerprint density at radius 2 is 1.55 bits per heavy atom. The van der Waals surface area contributed by atoms with E-state index in [1.54, 1.807) is 12.1 Å². The molecule has 0 saturated carbocycles. The van der Waals surface area contributed by atoms with Crippen LogP contribution in [0.1, 0.15) is 27.1 Å². The fraction of sp³-hybridized carbons (Fsp3) is 0.316. The summed E-state index contributed by atoms with van der Waals surface area (Å²) in [4.78, 5) is 30.2. The van der Waals surface area contributed by atoms with E-state index in [2.05, 4.69) is 4.98 Å². The molecule has 1 aromatic carbocycles. The smallest absolute Gasteiger partial charge is 0.277 e. The van der Waals surface area contributed by atoms with Crippen LogP contribution in [0.2, 0.25) is 0 Å². The van der Waals surface area contributed by atoms with Crippen molar-refractivity contribution in [1.29, 1.82) is 0 Å². The van der Waals surface area contributed by atoms with Crippen LogP contribution in [0.5, 0.6) is 11.8 Å². The minimum Gasteiger partial charge on any atom is -0.481 e. The lowest BCUT2D eigenvalue weighted by Crippen LogP contribution is -2.45. The molecule has 154 valence electrons. The molecule has 1 fully saturated rings. The van der Waals surface area contributed by atoms with E-state index in [1.807, 2.05) is 0 Å². The molecule has 1 aliphatic heterocycles. The normalized spacial score (nSPS) is 14.0. The molecule has 2 aromatic rings. The van der Waals surface area contributed by atoms with Crippen molar-refractivity contribution < 1.29 is 27.5 Å². The Hall–Kier alpha value is -3.14. The molecule has 1 saturated heterocycles. The number of aromatic nitrogens is 1. The highest BCUT2D eigenvalue weighted by atomic mass is 32.2. The van der Waals surface area contributed by atoms with Crippen LogP contribution in [0, 0.1) is 0 Å². The molecule has 29 heavy (non-hydrogen) atoms. The summed E-state index contributed by atoms with van der Waals surface area (Å²) in [5, 5.41) is 2.55. The number of hydrogen-bond donors (Lipinski definition) is 0. The molecule has 2 heterocycles. The van der Waals surface area contributed by atoms with Crippen LogP contribution in [0.4, 0.5) is 0 Å². The van der Waals surface area contributed by atoms with E-state index in [0.29, 0.717) is 13.0 Å². The number of carbonyl (C=O) groups is 2. The van der Waals surface area contributed by atoms with Gasteiger partial charge in [0.1, 0.15) is 5.56 Å². The van der Waals surface area contributed by atoms with Gasteiger partial charge in [-0.05, 0) is 24.6 Å². The minimum absolute atomic E-state index is 0.0227. The zero-order valence-electron chi connectivity index (χ0n) is 16.3. The Balaban J connectivity index is 1.95. The Labute approximate surface area is 168 Å². The van der Waals surface area contributed by atoms with Crippen LogP contribution in [0.25, 0.3) is 0 Å². The van der Waals surface area contributed by atoms with Gasteiger partial charge < -0.3 is 9.47 Å². The minimum atomic E-state index is -3.61. The highest BCUT2D eigenvalue weighted by Gasteiger charge is 2.35. The lowest BCUT2D eigenvalue weighted by Gasteiger charge is -2.28. The average molecular weight is 419 g/mol. The van der Waals surface area contributed by atoms with Crippen molar-refractivity contribution in [1.82, 2.24) is 15.0 Å². The standard InChI is InChI=1S/C19H21N3O6S/c1-27-16-10-9-14(17(20-16)28-2)19(24)22-12-6-11-21(22)18(23)13-7-4-5-8-15(13)29(3,25)26/h4-5,7-10H,6,11-12H2,1-3H3. The van der Waals surface area contributed by atoms with Crippen molar-refractivity contribution in [2.45, 2.75) is 11.3 Å². The third-order valence-electron chi connectivity index (χ3n) is 4.48. The van der Waals surface area contributed by atoms with E-state index in [9.17, 15) is 18.0 Å². The molecule has 9 nitrogen and oxygen atoms in total. The van der Waals surface area contributed by atoms with Crippen LogP contribution >= 0.6 is 0 Å². The molecule has 0 unspecified atom stereocenters. The summed E-state index contributed by atoms with van der Waals surface area (Å²) in [5.41, 5.74) is 0.193. The van der Waals surface area contributed by atoms with Crippen LogP contribution in [0.15, 0.2) is 41.3 Å². The number of methoxy groups -OCH3 is 2. The SMILES string of the molecule is COc1ccc(C(=O)N2CCCN2C(=O)c2ccccc2S(C)(=O)=O)c(OC)n1. The number of carbonyl (C=O) groups excluding carboxylic acids is 2. The van der Waals surface area contributed by atoms with Crippen LogP contribution in [-0.4, -0.2) is 68.8 Å². The Kier molecular flexibility index (Phi) is 5.73. The molecule has 0 spiro atoms. The Morgan fingerprint density at radius 1 is 0.931 bits per heavy atom. The van der Waals surface area contributed by atoms with Crippen molar-refractivity contribution in [3.8, 4) is 11.8 Å². The second-order valence-electron chi connectivity index (χ2n) is 6.39. The fourth-order valence-electron chi connectivity index (χ4n) is 3.13. The molecule has 1 aliphatic rings. The summed E-state index contributed by atoms with van der Waals surface area (Å²) in [7, 11) is -0.781. The first-order chi connectivity index (χ1) is 13.8. The van der Waals surface area contributed by atoms with Gasteiger partial charge in [-0.2, -0.15) is 4.98 Å². The van der Waals surface area contributed by atoms with E-state index in [-0.39, 0.29) is 34.3 Å². The molecule has 0 atom stereocenters. The predicted molar refractivity (Wildman–Crippen MR) is 104 cm³/mol. The third kappa shape index (κ3) is 4.02. The van der Waals surface area contributed by atoms with Crippen LogP contribution < -0.4 is 9.47 Å². The molecule has 0 bridgehead atoms. The molecule has 2 amide bonds. The number of sulfone groups is 1. The Morgan fingerprint density at radius 3 is 2.14 bits per heavy atom. The number of nitrogens with zero attached hydrogens (tertiary/aromatic N) is 3. The maximum absolute atomic E-state index is 13.1. The predicted octanol–water partition coefficient (Wildman–Crippen LogP) is 1.41. The summed E-state index contributed by atoms with van der Waals surface area (Å²) >= 11 is 0. The molecule has 1 aromatic heterocycles. The van der Waals surface area contributed by atoms with Gasteiger partial charge in [0, 0.05) is 25.4 Å². The number of hydrogen-bond acceptors (Lipinski definition) is 7. The molecule has 0 aliphatic carbocycles. The van der Waals surface area contributed by atoms with Gasteiger partial charge in [0.05, 0.1) is 24.7 Å². The van der Waals surface area contributed by atoms with Gasteiger partial charge in [-0.25, -0.2) is 18.4 Å². The highest BCUT2D eigenvalue weighted by molar-refractivity contribution is 7.90. The van der Waals surface area contributed by atoms with E-state index in [1.165, 1.54) is 48.5 Å². The quantitative estimate of drug-likeness (QED) is 0.721. The monoisotopic (exact) mass is 419 g/mol. The van der Waals surface area contributed by atoms with Gasteiger partial charge in [-0.3, -0.25) is 9.59 Å². The Bertz CT molecular complexity index is 1050. The van der Waals surface area contributed by atoms with Crippen molar-refractivity contribution >= 4 is 21.7 Å². The summed E-state index contributed by atoms with van der Waals surface area (Å²) < 4.78 is 34.4. The van der Waals surface area contributed by atoms with Crippen LogP contribution in [-0.2, 0) is 9.84 Å². The number of amides is 2. The van der Waals surface area contributed by atoms with Crippen molar-refractivity contribution in [3.63, 3.8) is 0 Å². The second kappa shape index (κ2) is 8.08. The van der Waals surface area contributed by atoms with Crippen LogP contribution in [0.3, 0.4) is 0 Å². The highest BCUT2D eigenvalue weighted by Crippen LogP contribution is 2.26. The number of ether oxygens (including phenoxy) is 2. The maximum atomic E-state index is 13.1. The number of rotatable bonds is 5. The molecule has 10 heteroatoms. The molecular formula is C19H21N3O6S. The summed E-state index contributed by atoms with van der Waals surface area (Å²) in [6, 6.07) is 8.99. The largest absolute Gasteiger partial charge is 0.481 e. The third-order valence-corrected chi connectivity index (χ3v) is 5.64. The summed E-state index contributed by atoms with van der Waals surface area (Å²) in [6.45, 7) is 0.593. The first kappa shape index (κ1) is 20.6. The first-order valence-electron chi connectivity index (χ1n) is 8.79. The zero-order chi connectivity index (χ0) is 21.2. The topological polar surface area (TPSA) is 106 Å². The lowest BCUT2D eigenvalue weighted by atomic mass is 10.2. The van der Waals surface area contributed by atoms with Gasteiger partial charge in [-0.1, -0.05) is 12.1 Å². The zero-order valence-corrected chi connectivity index (χ0v) is 17.1. The average Bonchev–Trinajstić information content (AvgIpc) is 3.21. The maximum Gasteiger partial charge on any atom is 0.277 e. The summed E-state index contributed by atoms with van der Waals surface area (Å²) in [5.74, 6) is -0.669. The second-order valence-corrected chi connectivity index (χ2v) is 8.37. The van der Waals surface area contributed by atoms with Gasteiger partial charge in [0.2, 0.25) is 11.8 Å². The fourth-order valence-corrected chi connectivity index (χ4v) is 4.01. The van der Waals surface area contributed by atoms with Gasteiger partial charge in [0.25, 0.3) is 11.8 Å². The van der Waals surface area contributed by atoms with Gasteiger partial charge in [-0.15, -0.1) is 0 Å². The van der Waals surface area contributed by atoms with Gasteiger partial charge in [0.15, 0.2) is 9.84 Å². The van der Waals surface area contributed by atoms with Crippen molar-refractivity contribution in [2.75, 3.05) is 33.6 Å². The molecule has 0 radical (unpaired) electrons. The van der Waals surface area contributed by atoms with E-state index < -0.39 is 21.7 Å². The van der Waals surface area contributed by atoms with E-state index in [4.69, 9.17) is 9.47 Å². The molecule has 3 rings (SSSR count). The van der Waals surface area contributed by atoms with Crippen molar-refractivity contribution in [2.24, 2.45) is 0 Å². The molecule has 0 N–H and O–H groups in total. The van der Waals surface area contributed by atoms with Gasteiger partial charge >= 0.3 is 0 Å².